The molecule has 6 heteroatoms. The van der Waals surface area contributed by atoms with Gasteiger partial charge in [0.2, 0.25) is 11.9 Å². The van der Waals surface area contributed by atoms with E-state index in [0.717, 1.165) is 17.2 Å². The first kappa shape index (κ1) is 17.4. The molecule has 3 aromatic rings. The van der Waals surface area contributed by atoms with Crippen molar-refractivity contribution in [1.82, 2.24) is 9.97 Å². The van der Waals surface area contributed by atoms with Gasteiger partial charge in [0.05, 0.1) is 0 Å². The third kappa shape index (κ3) is 4.80. The lowest BCUT2D eigenvalue weighted by atomic mass is 10.1. The van der Waals surface area contributed by atoms with Gasteiger partial charge in [0.1, 0.15) is 5.82 Å². The molecule has 0 saturated heterocycles. The molecule has 26 heavy (non-hydrogen) atoms. The van der Waals surface area contributed by atoms with Crippen molar-refractivity contribution in [3.05, 3.63) is 72.4 Å². The fourth-order valence-electron chi connectivity index (χ4n) is 2.55. The van der Waals surface area contributed by atoms with Crippen molar-refractivity contribution in [2.45, 2.75) is 19.9 Å². The smallest absolute Gasteiger partial charge is 0.229 e. The van der Waals surface area contributed by atoms with E-state index in [2.05, 4.69) is 45.0 Å². The molecular weight excluding hydrogens is 326 g/mol. The van der Waals surface area contributed by atoms with Crippen LogP contribution in [-0.2, 0) is 4.79 Å². The monoisotopic (exact) mass is 347 g/mol. The summed E-state index contributed by atoms with van der Waals surface area (Å²) in [6.07, 6.45) is 1.70. The van der Waals surface area contributed by atoms with Gasteiger partial charge in [-0.2, -0.15) is 4.98 Å². The minimum atomic E-state index is -0.112. The van der Waals surface area contributed by atoms with Crippen molar-refractivity contribution in [1.29, 1.82) is 0 Å². The zero-order chi connectivity index (χ0) is 18.4. The quantitative estimate of drug-likeness (QED) is 0.618. The van der Waals surface area contributed by atoms with Crippen molar-refractivity contribution in [2.75, 3.05) is 16.0 Å². The number of amides is 1. The Morgan fingerprint density at radius 2 is 1.77 bits per heavy atom. The third-order valence-corrected chi connectivity index (χ3v) is 3.76. The topological polar surface area (TPSA) is 78.9 Å². The Morgan fingerprint density at radius 3 is 2.54 bits per heavy atom. The maximum atomic E-state index is 11.2. The highest BCUT2D eigenvalue weighted by atomic mass is 16.1. The summed E-state index contributed by atoms with van der Waals surface area (Å²) in [5.41, 5.74) is 2.70. The van der Waals surface area contributed by atoms with Crippen LogP contribution in [0.15, 0.2) is 66.9 Å². The van der Waals surface area contributed by atoms with Crippen LogP contribution in [0, 0.1) is 0 Å². The second-order valence-corrected chi connectivity index (χ2v) is 5.93. The lowest BCUT2D eigenvalue weighted by Crippen LogP contribution is -2.09. The third-order valence-electron chi connectivity index (χ3n) is 3.76. The molecule has 0 unspecified atom stereocenters. The van der Waals surface area contributed by atoms with E-state index in [0.29, 0.717) is 5.95 Å². The molecule has 1 amide bonds. The van der Waals surface area contributed by atoms with Crippen molar-refractivity contribution in [2.24, 2.45) is 0 Å². The van der Waals surface area contributed by atoms with Crippen LogP contribution < -0.4 is 16.0 Å². The zero-order valence-electron chi connectivity index (χ0n) is 14.7. The summed E-state index contributed by atoms with van der Waals surface area (Å²) in [6.45, 7) is 3.56. The first-order valence-electron chi connectivity index (χ1n) is 8.39. The molecule has 132 valence electrons. The zero-order valence-corrected chi connectivity index (χ0v) is 14.7. The van der Waals surface area contributed by atoms with Gasteiger partial charge in [-0.05, 0) is 36.8 Å². The summed E-state index contributed by atoms with van der Waals surface area (Å²) in [5.74, 6) is 1.10. The van der Waals surface area contributed by atoms with E-state index in [-0.39, 0.29) is 11.9 Å². The van der Waals surface area contributed by atoms with E-state index in [1.54, 1.807) is 6.20 Å². The van der Waals surface area contributed by atoms with Gasteiger partial charge < -0.3 is 16.0 Å². The molecule has 1 aromatic heterocycles. The molecule has 2 aromatic carbocycles. The molecule has 3 rings (SSSR count). The molecule has 0 aliphatic rings. The van der Waals surface area contributed by atoms with Crippen LogP contribution in [0.2, 0.25) is 0 Å². The molecule has 0 aliphatic heterocycles. The maximum absolute atomic E-state index is 11.2. The minimum absolute atomic E-state index is 0.112. The van der Waals surface area contributed by atoms with Crippen LogP contribution in [0.25, 0.3) is 0 Å². The van der Waals surface area contributed by atoms with Crippen molar-refractivity contribution in [3.63, 3.8) is 0 Å². The molecule has 1 heterocycles. The SMILES string of the molecule is CC(=O)Nc1cccc(Nc2nccc(N[C@@H](C)c3ccccc3)n2)c1. The average molecular weight is 347 g/mol. The minimum Gasteiger partial charge on any atom is -0.363 e. The molecule has 0 bridgehead atoms. The number of rotatable bonds is 6. The number of benzene rings is 2. The van der Waals surface area contributed by atoms with E-state index >= 15 is 0 Å². The van der Waals surface area contributed by atoms with Crippen LogP contribution in [0.3, 0.4) is 0 Å². The molecule has 0 aliphatic carbocycles. The van der Waals surface area contributed by atoms with Crippen LogP contribution in [0.1, 0.15) is 25.5 Å². The molecule has 0 spiro atoms. The molecule has 3 N–H and O–H groups in total. The van der Waals surface area contributed by atoms with Gasteiger partial charge in [0.25, 0.3) is 0 Å². The Balaban J connectivity index is 1.70. The average Bonchev–Trinajstić information content (AvgIpc) is 2.62. The Labute approximate surface area is 152 Å². The van der Waals surface area contributed by atoms with Gasteiger partial charge in [0, 0.05) is 30.5 Å². The Morgan fingerprint density at radius 1 is 1.00 bits per heavy atom. The summed E-state index contributed by atoms with van der Waals surface area (Å²) in [6, 6.07) is 19.5. The van der Waals surface area contributed by atoms with Crippen molar-refractivity contribution < 1.29 is 4.79 Å². The second-order valence-electron chi connectivity index (χ2n) is 5.93. The standard InChI is InChI=1S/C20H21N5O/c1-14(16-7-4-3-5-8-16)22-19-11-12-21-20(25-19)24-18-10-6-9-17(13-18)23-15(2)26/h3-14H,1-2H3,(H,23,26)(H2,21,22,24,25)/t14-/m0/s1. The van der Waals surface area contributed by atoms with Crippen LogP contribution >= 0.6 is 0 Å². The van der Waals surface area contributed by atoms with Crippen molar-refractivity contribution >= 4 is 29.0 Å². The normalized spacial score (nSPS) is 11.5. The van der Waals surface area contributed by atoms with E-state index in [9.17, 15) is 4.79 Å². The Kier molecular flexibility index (Phi) is 5.43. The maximum Gasteiger partial charge on any atom is 0.229 e. The predicted molar refractivity (Wildman–Crippen MR) is 105 cm³/mol. The number of hydrogen-bond donors (Lipinski definition) is 3. The predicted octanol–water partition coefficient (Wildman–Crippen LogP) is 4.35. The summed E-state index contributed by atoms with van der Waals surface area (Å²) >= 11 is 0. The van der Waals surface area contributed by atoms with E-state index in [1.165, 1.54) is 12.5 Å². The van der Waals surface area contributed by atoms with Gasteiger partial charge in [0.15, 0.2) is 0 Å². The Hall–Kier alpha value is -3.41. The van der Waals surface area contributed by atoms with E-state index < -0.39 is 0 Å². The summed E-state index contributed by atoms with van der Waals surface area (Å²) in [5, 5.41) is 9.29. The molecule has 1 atom stereocenters. The highest BCUT2D eigenvalue weighted by Gasteiger charge is 2.07. The number of nitrogens with one attached hydrogen (secondary N) is 3. The van der Waals surface area contributed by atoms with Crippen LogP contribution in [-0.4, -0.2) is 15.9 Å². The first-order valence-corrected chi connectivity index (χ1v) is 8.39. The van der Waals surface area contributed by atoms with Gasteiger partial charge in [-0.15, -0.1) is 0 Å². The molecular formula is C20H21N5O. The number of hydrogen-bond acceptors (Lipinski definition) is 5. The van der Waals surface area contributed by atoms with Crippen LogP contribution in [0.5, 0.6) is 0 Å². The number of anilines is 4. The highest BCUT2D eigenvalue weighted by molar-refractivity contribution is 5.89. The second kappa shape index (κ2) is 8.11. The largest absolute Gasteiger partial charge is 0.363 e. The summed E-state index contributed by atoms with van der Waals surface area (Å²) < 4.78 is 0. The van der Waals surface area contributed by atoms with Gasteiger partial charge in [-0.1, -0.05) is 36.4 Å². The van der Waals surface area contributed by atoms with E-state index in [1.807, 2.05) is 48.5 Å². The van der Waals surface area contributed by atoms with Crippen molar-refractivity contribution in [3.8, 4) is 0 Å². The highest BCUT2D eigenvalue weighted by Crippen LogP contribution is 2.21. The number of aromatic nitrogens is 2. The fourth-order valence-corrected chi connectivity index (χ4v) is 2.55. The van der Waals surface area contributed by atoms with Crippen LogP contribution in [0.4, 0.5) is 23.1 Å². The molecule has 6 nitrogen and oxygen atoms in total. The van der Waals surface area contributed by atoms with Gasteiger partial charge in [-0.25, -0.2) is 4.98 Å². The Bertz CT molecular complexity index is 882. The number of carbonyl (C=O) groups excluding carboxylic acids is 1. The fraction of sp³-hybridized carbons (Fsp3) is 0.150. The number of nitrogens with zero attached hydrogens (tertiary/aromatic N) is 2. The molecule has 0 fully saturated rings. The van der Waals surface area contributed by atoms with E-state index in [4.69, 9.17) is 0 Å². The lowest BCUT2D eigenvalue weighted by Gasteiger charge is -2.15. The summed E-state index contributed by atoms with van der Waals surface area (Å²) in [7, 11) is 0. The first-order chi connectivity index (χ1) is 12.6. The van der Waals surface area contributed by atoms with Gasteiger partial charge in [-0.3, -0.25) is 4.79 Å². The summed E-state index contributed by atoms with van der Waals surface area (Å²) in [4.78, 5) is 19.9. The molecule has 0 radical (unpaired) electrons. The van der Waals surface area contributed by atoms with Gasteiger partial charge >= 0.3 is 0 Å². The number of carbonyl (C=O) groups is 1. The lowest BCUT2D eigenvalue weighted by molar-refractivity contribution is -0.114. The molecule has 0 saturated carbocycles.